The first kappa shape index (κ1) is 14.6. The molecule has 4 nitrogen and oxygen atoms in total. The molecule has 2 fully saturated rings. The Morgan fingerprint density at radius 3 is 2.76 bits per heavy atom. The second kappa shape index (κ2) is 5.82. The predicted octanol–water partition coefficient (Wildman–Crippen LogP) is 2.96. The Bertz CT molecular complexity index is 516. The van der Waals surface area contributed by atoms with E-state index in [9.17, 15) is 4.79 Å². The number of hydrogen-bond donors (Lipinski definition) is 0. The summed E-state index contributed by atoms with van der Waals surface area (Å²) >= 11 is 0. The van der Waals surface area contributed by atoms with Gasteiger partial charge in [0.05, 0.1) is 0 Å². The molecule has 1 amide bonds. The normalized spacial score (nSPS) is 22.9. The van der Waals surface area contributed by atoms with Crippen LogP contribution in [0.5, 0.6) is 0 Å². The number of aryl methyl sites for hydroxylation is 1. The lowest BCUT2D eigenvalue weighted by Gasteiger charge is -2.27. The average molecular weight is 289 g/mol. The Morgan fingerprint density at radius 2 is 2.14 bits per heavy atom. The summed E-state index contributed by atoms with van der Waals surface area (Å²) in [6.07, 6.45) is 7.06. The molecular formula is C17H27N3O. The molecule has 2 heterocycles. The molecule has 116 valence electrons. The lowest BCUT2D eigenvalue weighted by Crippen LogP contribution is -2.32. The van der Waals surface area contributed by atoms with Gasteiger partial charge in [-0.05, 0) is 32.1 Å². The van der Waals surface area contributed by atoms with Crippen LogP contribution in [0.4, 0.5) is 0 Å². The van der Waals surface area contributed by atoms with Gasteiger partial charge in [-0.1, -0.05) is 20.3 Å². The number of nitrogens with zero attached hydrogens (tertiary/aromatic N) is 3. The van der Waals surface area contributed by atoms with Gasteiger partial charge in [0.25, 0.3) is 0 Å². The van der Waals surface area contributed by atoms with Crippen molar-refractivity contribution in [3.63, 3.8) is 0 Å². The fourth-order valence-corrected chi connectivity index (χ4v) is 3.51. The van der Waals surface area contributed by atoms with E-state index in [1.807, 2.05) is 24.9 Å². The summed E-state index contributed by atoms with van der Waals surface area (Å²) in [6, 6.07) is 0. The molecule has 0 aromatic carbocycles. The molecule has 1 unspecified atom stereocenters. The maximum absolute atomic E-state index is 12.1. The van der Waals surface area contributed by atoms with Crippen LogP contribution in [0, 0.1) is 18.8 Å². The highest BCUT2D eigenvalue weighted by Gasteiger charge is 2.30. The molecule has 21 heavy (non-hydrogen) atoms. The third-order valence-electron chi connectivity index (χ3n) is 5.09. The summed E-state index contributed by atoms with van der Waals surface area (Å²) in [5.74, 6) is 2.96. The Labute approximate surface area is 127 Å². The number of imidazole rings is 1. The highest BCUT2D eigenvalue weighted by Crippen LogP contribution is 2.36. The van der Waals surface area contributed by atoms with Crippen LogP contribution in [-0.4, -0.2) is 33.4 Å². The summed E-state index contributed by atoms with van der Waals surface area (Å²) in [7, 11) is 0. The van der Waals surface area contributed by atoms with Crippen molar-refractivity contribution in [3.05, 3.63) is 17.7 Å². The molecule has 1 saturated heterocycles. The second-order valence-corrected chi connectivity index (χ2v) is 7.09. The summed E-state index contributed by atoms with van der Waals surface area (Å²) < 4.78 is 2.41. The SMILES string of the molecule is Cc1cnc(C2CCC2)n1CC1CCN(C(=O)C(C)C)C1. The van der Waals surface area contributed by atoms with E-state index in [-0.39, 0.29) is 5.92 Å². The van der Waals surface area contributed by atoms with Gasteiger partial charge < -0.3 is 9.47 Å². The summed E-state index contributed by atoms with van der Waals surface area (Å²) in [5, 5.41) is 0. The molecule has 3 rings (SSSR count). The van der Waals surface area contributed by atoms with Gasteiger partial charge in [-0.3, -0.25) is 4.79 Å². The monoisotopic (exact) mass is 289 g/mol. The fourth-order valence-electron chi connectivity index (χ4n) is 3.51. The van der Waals surface area contributed by atoms with Crippen molar-refractivity contribution in [1.29, 1.82) is 0 Å². The molecule has 1 aromatic rings. The summed E-state index contributed by atoms with van der Waals surface area (Å²) in [4.78, 5) is 18.8. The van der Waals surface area contributed by atoms with Gasteiger partial charge in [0.15, 0.2) is 0 Å². The molecule has 0 spiro atoms. The Morgan fingerprint density at radius 1 is 1.38 bits per heavy atom. The largest absolute Gasteiger partial charge is 0.342 e. The number of aromatic nitrogens is 2. The number of hydrogen-bond acceptors (Lipinski definition) is 2. The topological polar surface area (TPSA) is 38.1 Å². The van der Waals surface area contributed by atoms with Crippen LogP contribution in [0.15, 0.2) is 6.20 Å². The van der Waals surface area contributed by atoms with E-state index in [0.717, 1.165) is 26.1 Å². The minimum Gasteiger partial charge on any atom is -0.342 e. The van der Waals surface area contributed by atoms with E-state index in [1.54, 1.807) is 0 Å². The Balaban J connectivity index is 1.65. The van der Waals surface area contributed by atoms with Gasteiger partial charge >= 0.3 is 0 Å². The third kappa shape index (κ3) is 2.85. The van der Waals surface area contributed by atoms with E-state index >= 15 is 0 Å². The Hall–Kier alpha value is -1.32. The van der Waals surface area contributed by atoms with Crippen LogP contribution >= 0.6 is 0 Å². The van der Waals surface area contributed by atoms with Gasteiger partial charge in [-0.15, -0.1) is 0 Å². The van der Waals surface area contributed by atoms with Crippen molar-refractivity contribution in [1.82, 2.24) is 14.5 Å². The van der Waals surface area contributed by atoms with Crippen molar-refractivity contribution in [2.75, 3.05) is 13.1 Å². The molecule has 1 aliphatic carbocycles. The zero-order chi connectivity index (χ0) is 15.0. The van der Waals surface area contributed by atoms with Crippen LogP contribution < -0.4 is 0 Å². The lowest BCUT2D eigenvalue weighted by atomic mass is 9.84. The van der Waals surface area contributed by atoms with Crippen molar-refractivity contribution < 1.29 is 4.79 Å². The smallest absolute Gasteiger partial charge is 0.225 e. The molecule has 4 heteroatoms. The van der Waals surface area contributed by atoms with Gasteiger partial charge in [0.2, 0.25) is 5.91 Å². The highest BCUT2D eigenvalue weighted by molar-refractivity contribution is 5.78. The van der Waals surface area contributed by atoms with Crippen LogP contribution in [0.3, 0.4) is 0 Å². The number of amides is 1. The molecule has 0 radical (unpaired) electrons. The van der Waals surface area contributed by atoms with E-state index < -0.39 is 0 Å². The van der Waals surface area contributed by atoms with Crippen molar-refractivity contribution in [2.45, 2.75) is 58.9 Å². The quantitative estimate of drug-likeness (QED) is 0.854. The van der Waals surface area contributed by atoms with Crippen LogP contribution in [0.1, 0.15) is 57.0 Å². The van der Waals surface area contributed by atoms with Crippen molar-refractivity contribution in [3.8, 4) is 0 Å². The summed E-state index contributed by atoms with van der Waals surface area (Å²) in [5.41, 5.74) is 1.27. The Kier molecular flexibility index (Phi) is 4.05. The van der Waals surface area contributed by atoms with E-state index in [0.29, 0.717) is 17.7 Å². The molecule has 1 atom stereocenters. The minimum absolute atomic E-state index is 0.115. The number of carbonyl (C=O) groups excluding carboxylic acids is 1. The molecular weight excluding hydrogens is 262 g/mol. The van der Waals surface area contributed by atoms with Gasteiger partial charge in [0, 0.05) is 43.4 Å². The standard InChI is InChI=1S/C17H27N3O/c1-12(2)17(21)19-8-7-14(10-19)11-20-13(3)9-18-16(20)15-5-4-6-15/h9,12,14-15H,4-8,10-11H2,1-3H3. The average Bonchev–Trinajstić information content (AvgIpc) is 2.98. The predicted molar refractivity (Wildman–Crippen MR) is 83.1 cm³/mol. The van der Waals surface area contributed by atoms with Crippen LogP contribution in [0.25, 0.3) is 0 Å². The number of likely N-dealkylation sites (tertiary alicyclic amines) is 1. The second-order valence-electron chi connectivity index (χ2n) is 7.09. The van der Waals surface area contributed by atoms with E-state index in [2.05, 4.69) is 16.5 Å². The van der Waals surface area contributed by atoms with Crippen LogP contribution in [0.2, 0.25) is 0 Å². The third-order valence-corrected chi connectivity index (χ3v) is 5.09. The number of carbonyl (C=O) groups is 1. The number of rotatable bonds is 4. The molecule has 1 aromatic heterocycles. The molecule has 0 bridgehead atoms. The first-order valence-electron chi connectivity index (χ1n) is 8.37. The zero-order valence-electron chi connectivity index (χ0n) is 13.5. The van der Waals surface area contributed by atoms with Gasteiger partial charge in [-0.25, -0.2) is 4.98 Å². The minimum atomic E-state index is 0.115. The highest BCUT2D eigenvalue weighted by atomic mass is 16.2. The molecule has 2 aliphatic rings. The first-order chi connectivity index (χ1) is 10.1. The lowest BCUT2D eigenvalue weighted by molar-refractivity contribution is -0.133. The molecule has 1 aliphatic heterocycles. The maximum Gasteiger partial charge on any atom is 0.225 e. The van der Waals surface area contributed by atoms with Gasteiger partial charge in [0.1, 0.15) is 5.82 Å². The van der Waals surface area contributed by atoms with Crippen molar-refractivity contribution >= 4 is 5.91 Å². The van der Waals surface area contributed by atoms with Crippen molar-refractivity contribution in [2.24, 2.45) is 11.8 Å². The molecule has 1 saturated carbocycles. The maximum atomic E-state index is 12.1. The van der Waals surface area contributed by atoms with E-state index in [1.165, 1.54) is 30.8 Å². The zero-order valence-corrected chi connectivity index (χ0v) is 13.5. The van der Waals surface area contributed by atoms with Crippen LogP contribution in [-0.2, 0) is 11.3 Å². The summed E-state index contributed by atoms with van der Waals surface area (Å²) in [6.45, 7) is 9.00. The fraction of sp³-hybridized carbons (Fsp3) is 0.765. The first-order valence-corrected chi connectivity index (χ1v) is 8.37. The van der Waals surface area contributed by atoms with Gasteiger partial charge in [-0.2, -0.15) is 0 Å². The van der Waals surface area contributed by atoms with E-state index in [4.69, 9.17) is 0 Å². The molecule has 0 N–H and O–H groups in total.